The molecule has 1 aliphatic heterocycles. The van der Waals surface area contributed by atoms with Gasteiger partial charge in [-0.2, -0.15) is 0 Å². The van der Waals surface area contributed by atoms with Crippen molar-refractivity contribution < 1.29 is 9.09 Å². The normalized spacial score (nSPS) is 20.8. The molecule has 0 bridgehead atoms. The van der Waals surface area contributed by atoms with Gasteiger partial charge < -0.3 is 4.52 Å². The lowest BCUT2D eigenvalue weighted by molar-refractivity contribution is 0.427. The van der Waals surface area contributed by atoms with Gasteiger partial charge in [0.15, 0.2) is 0 Å². The van der Waals surface area contributed by atoms with Gasteiger partial charge in [0.2, 0.25) is 0 Å². The molecular formula is C19H23O2P. The molecule has 2 aliphatic rings. The Morgan fingerprint density at radius 3 is 2.45 bits per heavy atom. The molecule has 1 heterocycles. The number of rotatable bonds is 1. The first-order valence-electron chi connectivity index (χ1n) is 7.10. The summed E-state index contributed by atoms with van der Waals surface area (Å²) in [4.78, 5) is 0. The van der Waals surface area contributed by atoms with Gasteiger partial charge in [-0.25, -0.2) is 0 Å². The summed E-state index contributed by atoms with van der Waals surface area (Å²) in [5, 5.41) is 0.865. The van der Waals surface area contributed by atoms with E-state index >= 15 is 0 Å². The molecule has 1 aliphatic carbocycles. The fourth-order valence-corrected chi connectivity index (χ4v) is 3.96. The molecule has 0 fully saturated rings. The molecule has 3 rings (SSSR count). The van der Waals surface area contributed by atoms with Crippen molar-refractivity contribution in [1.29, 1.82) is 0 Å². The van der Waals surface area contributed by atoms with Gasteiger partial charge in [-0.3, -0.25) is 4.57 Å². The summed E-state index contributed by atoms with van der Waals surface area (Å²) >= 11 is 0. The smallest absolute Gasteiger partial charge is 0.274 e. The van der Waals surface area contributed by atoms with E-state index in [0.29, 0.717) is 0 Å². The van der Waals surface area contributed by atoms with Crippen LogP contribution in [-0.2, 0) is 9.09 Å². The van der Waals surface area contributed by atoms with Crippen LogP contribution < -0.4 is 5.30 Å². The van der Waals surface area contributed by atoms with Crippen LogP contribution in [0.2, 0.25) is 0 Å². The lowest BCUT2D eigenvalue weighted by Crippen LogP contribution is -2.18. The highest BCUT2D eigenvalue weighted by molar-refractivity contribution is 7.66. The van der Waals surface area contributed by atoms with Gasteiger partial charge in [-0.05, 0) is 30.5 Å². The van der Waals surface area contributed by atoms with Gasteiger partial charge >= 0.3 is 0 Å². The number of fused-ring (bicyclic) bond motifs is 2. The van der Waals surface area contributed by atoms with Crippen molar-refractivity contribution in [3.8, 4) is 0 Å². The maximum Gasteiger partial charge on any atom is 0.274 e. The van der Waals surface area contributed by atoms with Crippen LogP contribution in [0.1, 0.15) is 18.4 Å². The zero-order valence-corrected chi connectivity index (χ0v) is 14.0. The summed E-state index contributed by atoms with van der Waals surface area (Å²) in [5.74, 6) is 0.802. The minimum Gasteiger partial charge on any atom is -0.440 e. The predicted octanol–water partition coefficient (Wildman–Crippen LogP) is 5.47. The Morgan fingerprint density at radius 1 is 1.18 bits per heavy atom. The van der Waals surface area contributed by atoms with Gasteiger partial charge in [0.1, 0.15) is 5.76 Å². The van der Waals surface area contributed by atoms with E-state index in [1.54, 1.807) is 18.8 Å². The second-order valence-corrected chi connectivity index (χ2v) is 7.07. The van der Waals surface area contributed by atoms with E-state index < -0.39 is 7.37 Å². The molecule has 3 heteroatoms. The third-order valence-electron chi connectivity index (χ3n) is 3.23. The summed E-state index contributed by atoms with van der Waals surface area (Å²) in [6.07, 6.45) is 9.31. The van der Waals surface area contributed by atoms with Crippen LogP contribution >= 0.6 is 7.37 Å². The van der Waals surface area contributed by atoms with Crippen molar-refractivity contribution in [2.75, 3.05) is 6.66 Å². The van der Waals surface area contributed by atoms with Gasteiger partial charge in [0.05, 0.1) is 5.30 Å². The van der Waals surface area contributed by atoms with Crippen LogP contribution in [0, 0.1) is 0 Å². The SMILES string of the molecule is C=C.C=CC=C.CP1(=O)OC2=C(CCC=C2)c2ccccc21. The van der Waals surface area contributed by atoms with E-state index in [4.69, 9.17) is 4.52 Å². The molecule has 0 saturated heterocycles. The molecule has 0 N–H and O–H groups in total. The summed E-state index contributed by atoms with van der Waals surface area (Å²) < 4.78 is 18.1. The van der Waals surface area contributed by atoms with Crippen molar-refractivity contribution in [2.45, 2.75) is 12.8 Å². The Balaban J connectivity index is 0.000000354. The summed E-state index contributed by atoms with van der Waals surface area (Å²) in [7, 11) is -2.68. The first-order chi connectivity index (χ1) is 10.6. The van der Waals surface area contributed by atoms with Crippen LogP contribution in [0.4, 0.5) is 0 Å². The van der Waals surface area contributed by atoms with E-state index in [9.17, 15) is 4.57 Å². The monoisotopic (exact) mass is 314 g/mol. The molecule has 22 heavy (non-hydrogen) atoms. The Labute approximate surface area is 133 Å². The van der Waals surface area contributed by atoms with E-state index in [1.165, 1.54) is 5.57 Å². The summed E-state index contributed by atoms with van der Waals surface area (Å²) in [5.41, 5.74) is 2.31. The molecule has 1 atom stereocenters. The molecule has 0 saturated carbocycles. The molecule has 1 unspecified atom stereocenters. The molecule has 1 aromatic carbocycles. The second kappa shape index (κ2) is 8.41. The van der Waals surface area contributed by atoms with Gasteiger partial charge in [-0.1, -0.05) is 49.6 Å². The lowest BCUT2D eigenvalue weighted by Gasteiger charge is -2.28. The summed E-state index contributed by atoms with van der Waals surface area (Å²) in [6, 6.07) is 7.87. The van der Waals surface area contributed by atoms with Crippen LogP contribution in [0.5, 0.6) is 0 Å². The molecule has 0 spiro atoms. The van der Waals surface area contributed by atoms with E-state index in [2.05, 4.69) is 32.4 Å². The average molecular weight is 314 g/mol. The number of benzene rings is 1. The average Bonchev–Trinajstić information content (AvgIpc) is 2.57. The van der Waals surface area contributed by atoms with Gasteiger partial charge in [0, 0.05) is 12.2 Å². The zero-order valence-electron chi connectivity index (χ0n) is 13.1. The fraction of sp³-hybridized carbons (Fsp3) is 0.158. The lowest BCUT2D eigenvalue weighted by atomic mass is 9.96. The fourth-order valence-electron chi connectivity index (χ4n) is 2.31. The Bertz CT molecular complexity index is 647. The number of hydrogen-bond acceptors (Lipinski definition) is 2. The van der Waals surface area contributed by atoms with Gasteiger partial charge in [0.25, 0.3) is 7.37 Å². The van der Waals surface area contributed by atoms with Gasteiger partial charge in [-0.15, -0.1) is 13.2 Å². The Hall–Kier alpha value is -2.05. The Kier molecular flexibility index (Phi) is 6.88. The standard InChI is InChI=1S/C13H13O2P.C4H6.C2H4/c1-16(14)13-9-5-3-7-11(13)10-6-2-4-8-12(10)15-16;1-3-4-2;1-2/h3-5,7-9H,2,6H2,1H3;3-4H,1-2H2;1-2H2. The number of hydrogen-bond donors (Lipinski definition) is 0. The molecular weight excluding hydrogens is 291 g/mol. The maximum atomic E-state index is 12.4. The van der Waals surface area contributed by atoms with E-state index in [1.807, 2.05) is 30.3 Å². The Morgan fingerprint density at radius 2 is 1.82 bits per heavy atom. The highest BCUT2D eigenvalue weighted by Crippen LogP contribution is 2.52. The van der Waals surface area contributed by atoms with E-state index in [-0.39, 0.29) is 0 Å². The largest absolute Gasteiger partial charge is 0.440 e. The molecule has 1 aromatic rings. The molecule has 0 radical (unpaired) electrons. The van der Waals surface area contributed by atoms with Crippen molar-refractivity contribution >= 4 is 18.2 Å². The van der Waals surface area contributed by atoms with Crippen LogP contribution in [-0.4, -0.2) is 6.66 Å². The highest BCUT2D eigenvalue weighted by Gasteiger charge is 2.32. The van der Waals surface area contributed by atoms with Crippen molar-refractivity contribution in [2.24, 2.45) is 0 Å². The van der Waals surface area contributed by atoms with Crippen molar-refractivity contribution in [3.63, 3.8) is 0 Å². The first-order valence-corrected chi connectivity index (χ1v) is 9.17. The highest BCUT2D eigenvalue weighted by atomic mass is 31.2. The van der Waals surface area contributed by atoms with Crippen LogP contribution in [0.3, 0.4) is 0 Å². The van der Waals surface area contributed by atoms with Crippen molar-refractivity contribution in [3.05, 3.63) is 86.2 Å². The molecule has 0 amide bonds. The molecule has 116 valence electrons. The number of allylic oxidation sites excluding steroid dienone is 5. The van der Waals surface area contributed by atoms with Crippen molar-refractivity contribution in [1.82, 2.24) is 0 Å². The minimum atomic E-state index is -2.68. The van der Waals surface area contributed by atoms with Crippen LogP contribution in [0.15, 0.2) is 80.6 Å². The van der Waals surface area contributed by atoms with E-state index in [0.717, 1.165) is 29.5 Å². The quantitative estimate of drug-likeness (QED) is 0.390. The zero-order chi connectivity index (χ0) is 16.6. The topological polar surface area (TPSA) is 26.3 Å². The predicted molar refractivity (Wildman–Crippen MR) is 97.6 cm³/mol. The maximum absolute atomic E-state index is 12.4. The summed E-state index contributed by atoms with van der Waals surface area (Å²) in [6.45, 7) is 14.4. The molecule has 2 nitrogen and oxygen atoms in total. The minimum absolute atomic E-state index is 0.802. The van der Waals surface area contributed by atoms with Crippen LogP contribution in [0.25, 0.3) is 5.57 Å². The first kappa shape index (κ1) is 18.0. The third kappa shape index (κ3) is 3.99. The third-order valence-corrected chi connectivity index (χ3v) is 5.04. The second-order valence-electron chi connectivity index (χ2n) is 4.71. The molecule has 0 aromatic heterocycles.